The maximum Gasteiger partial charge on any atom is 0.191 e. The Balaban J connectivity index is 2.02. The molecule has 0 fully saturated rings. The van der Waals surface area contributed by atoms with E-state index < -0.39 is 12.2 Å². The molecule has 0 saturated heterocycles. The molecule has 28 heavy (non-hydrogen) atoms. The van der Waals surface area contributed by atoms with Gasteiger partial charge in [0.2, 0.25) is 0 Å². The fourth-order valence-corrected chi connectivity index (χ4v) is 2.97. The van der Waals surface area contributed by atoms with Crippen LogP contribution in [-0.4, -0.2) is 54.0 Å². The minimum absolute atomic E-state index is 0.0635. The number of ether oxygens (including phenoxy) is 1. The van der Waals surface area contributed by atoms with Crippen LogP contribution in [0.1, 0.15) is 34.8 Å². The van der Waals surface area contributed by atoms with E-state index >= 15 is 0 Å². The van der Waals surface area contributed by atoms with Crippen LogP contribution in [-0.2, 0) is 11.2 Å². The third-order valence-electron chi connectivity index (χ3n) is 4.77. The number of carbonyl (C=O) groups is 1. The average Bonchev–Trinajstić information content (AvgIpc) is 2.71. The first-order valence-corrected chi connectivity index (χ1v) is 9.79. The lowest BCUT2D eigenvalue weighted by Gasteiger charge is -2.21. The topological polar surface area (TPSA) is 78.8 Å². The number of aryl methyl sites for hydroxylation is 1. The molecule has 3 unspecified atom stereocenters. The molecule has 5 nitrogen and oxygen atoms in total. The third-order valence-corrected chi connectivity index (χ3v) is 4.77. The number of carbonyl (C=O) groups excluding carboxylic acids is 1. The van der Waals surface area contributed by atoms with Crippen molar-refractivity contribution in [2.45, 2.75) is 44.9 Å². The number of ketones is 1. The van der Waals surface area contributed by atoms with Gasteiger partial charge in [-0.1, -0.05) is 54.6 Å². The molecular weight excluding hydrogens is 354 g/mol. The zero-order valence-electron chi connectivity index (χ0n) is 16.7. The highest BCUT2D eigenvalue weighted by molar-refractivity contribution is 5.99. The second-order valence-electron chi connectivity index (χ2n) is 7.16. The van der Waals surface area contributed by atoms with Gasteiger partial charge in [-0.05, 0) is 31.4 Å². The number of aliphatic hydroxyl groups excluding tert-OH is 2. The van der Waals surface area contributed by atoms with Gasteiger partial charge in [-0.3, -0.25) is 4.79 Å². The number of benzene rings is 2. The summed E-state index contributed by atoms with van der Waals surface area (Å²) in [6, 6.07) is 17.1. The molecule has 0 aliphatic rings. The predicted molar refractivity (Wildman–Crippen MR) is 111 cm³/mol. The van der Waals surface area contributed by atoms with Crippen molar-refractivity contribution in [2.75, 3.05) is 19.8 Å². The molecule has 0 saturated carbocycles. The number of rotatable bonds is 12. The Labute approximate surface area is 167 Å². The summed E-state index contributed by atoms with van der Waals surface area (Å²) >= 11 is 0. The van der Waals surface area contributed by atoms with Crippen molar-refractivity contribution in [3.05, 3.63) is 71.3 Å². The highest BCUT2D eigenvalue weighted by Crippen LogP contribution is 2.16. The number of hydrogen-bond acceptors (Lipinski definition) is 5. The summed E-state index contributed by atoms with van der Waals surface area (Å²) in [4.78, 5) is 13.0. The lowest BCUT2D eigenvalue weighted by molar-refractivity contribution is -0.00250. The maximum atomic E-state index is 13.0. The molecule has 2 aromatic carbocycles. The lowest BCUT2D eigenvalue weighted by atomic mass is 9.97. The molecule has 5 heteroatoms. The van der Waals surface area contributed by atoms with E-state index in [0.29, 0.717) is 24.9 Å². The van der Waals surface area contributed by atoms with Crippen LogP contribution < -0.4 is 5.32 Å². The van der Waals surface area contributed by atoms with Crippen molar-refractivity contribution in [1.82, 2.24) is 5.32 Å². The van der Waals surface area contributed by atoms with E-state index in [-0.39, 0.29) is 25.0 Å². The van der Waals surface area contributed by atoms with E-state index in [9.17, 15) is 9.90 Å². The van der Waals surface area contributed by atoms with Gasteiger partial charge >= 0.3 is 0 Å². The normalized spacial score (nSPS) is 14.4. The Morgan fingerprint density at radius 3 is 2.46 bits per heavy atom. The molecule has 0 amide bonds. The van der Waals surface area contributed by atoms with Gasteiger partial charge in [0.15, 0.2) is 5.78 Å². The van der Waals surface area contributed by atoms with E-state index in [2.05, 4.69) is 5.32 Å². The van der Waals surface area contributed by atoms with Crippen molar-refractivity contribution in [2.24, 2.45) is 0 Å². The van der Waals surface area contributed by atoms with Gasteiger partial charge in [-0.2, -0.15) is 0 Å². The van der Waals surface area contributed by atoms with Crippen molar-refractivity contribution < 1.29 is 19.7 Å². The quantitative estimate of drug-likeness (QED) is 0.490. The molecule has 0 aliphatic carbocycles. The minimum atomic E-state index is -0.732. The molecule has 0 bridgehead atoms. The maximum absolute atomic E-state index is 13.0. The van der Waals surface area contributed by atoms with Crippen LogP contribution >= 0.6 is 0 Å². The molecule has 0 heterocycles. The summed E-state index contributed by atoms with van der Waals surface area (Å²) in [5.74, 6) is -0.0855. The van der Waals surface area contributed by atoms with Gasteiger partial charge in [0.1, 0.15) is 6.10 Å². The number of aliphatic hydroxyl groups is 2. The summed E-state index contributed by atoms with van der Waals surface area (Å²) < 4.78 is 5.88. The molecule has 2 rings (SSSR count). The monoisotopic (exact) mass is 385 g/mol. The second-order valence-corrected chi connectivity index (χ2v) is 7.16. The Kier molecular flexibility index (Phi) is 9.31. The standard InChI is InChI=1S/C23H31NO4/c1-17-8-6-7-11-20(17)14-22(23(27)19-9-4-3-5-10-19)28-16-21(26)15-24-18(2)12-13-25/h3-11,18,21-22,24-26H,12-16H2,1-2H3. The van der Waals surface area contributed by atoms with Gasteiger partial charge in [0.05, 0.1) is 12.7 Å². The first kappa shape index (κ1) is 22.2. The summed E-state index contributed by atoms with van der Waals surface area (Å²) in [5, 5.41) is 22.3. The molecule has 152 valence electrons. The summed E-state index contributed by atoms with van der Waals surface area (Å²) in [6.07, 6.45) is -0.311. The van der Waals surface area contributed by atoms with Crippen molar-refractivity contribution >= 4 is 5.78 Å². The van der Waals surface area contributed by atoms with Crippen LogP contribution in [0, 0.1) is 6.92 Å². The molecule has 3 atom stereocenters. The largest absolute Gasteiger partial charge is 0.396 e. The molecule has 0 spiro atoms. The number of Topliss-reactive ketones (excluding diaryl/α,β-unsaturated/α-hetero) is 1. The molecular formula is C23H31NO4. The summed E-state index contributed by atoms with van der Waals surface area (Å²) in [6.45, 7) is 4.47. The van der Waals surface area contributed by atoms with Gasteiger partial charge in [0, 0.05) is 31.2 Å². The van der Waals surface area contributed by atoms with Crippen molar-refractivity contribution in [1.29, 1.82) is 0 Å². The second kappa shape index (κ2) is 11.7. The molecule has 0 aliphatic heterocycles. The van der Waals surface area contributed by atoms with Crippen LogP contribution in [0.5, 0.6) is 0 Å². The Bertz CT molecular complexity index is 720. The zero-order valence-corrected chi connectivity index (χ0v) is 16.7. The first-order valence-electron chi connectivity index (χ1n) is 9.79. The fraction of sp³-hybridized carbons (Fsp3) is 0.435. The lowest BCUT2D eigenvalue weighted by Crippen LogP contribution is -2.38. The predicted octanol–water partition coefficient (Wildman–Crippen LogP) is 2.53. The Morgan fingerprint density at radius 1 is 1.11 bits per heavy atom. The average molecular weight is 386 g/mol. The summed E-state index contributed by atoms with van der Waals surface area (Å²) in [5.41, 5.74) is 2.77. The van der Waals surface area contributed by atoms with Gasteiger partial charge in [0.25, 0.3) is 0 Å². The van der Waals surface area contributed by atoms with E-state index in [0.717, 1.165) is 11.1 Å². The highest BCUT2D eigenvalue weighted by atomic mass is 16.5. The van der Waals surface area contributed by atoms with Gasteiger partial charge < -0.3 is 20.3 Å². The Morgan fingerprint density at radius 2 is 1.79 bits per heavy atom. The first-order chi connectivity index (χ1) is 13.5. The SMILES string of the molecule is Cc1ccccc1CC(OCC(O)CNC(C)CCO)C(=O)c1ccccc1. The van der Waals surface area contributed by atoms with E-state index in [1.165, 1.54) is 0 Å². The molecule has 2 aromatic rings. The molecule has 0 aromatic heterocycles. The van der Waals surface area contributed by atoms with Crippen LogP contribution in [0.2, 0.25) is 0 Å². The van der Waals surface area contributed by atoms with E-state index in [1.807, 2.05) is 56.3 Å². The summed E-state index contributed by atoms with van der Waals surface area (Å²) in [7, 11) is 0. The number of hydrogen-bond donors (Lipinski definition) is 3. The van der Waals surface area contributed by atoms with Crippen molar-refractivity contribution in [3.63, 3.8) is 0 Å². The van der Waals surface area contributed by atoms with Gasteiger partial charge in [-0.25, -0.2) is 0 Å². The van der Waals surface area contributed by atoms with E-state index in [1.54, 1.807) is 12.1 Å². The van der Waals surface area contributed by atoms with Crippen molar-refractivity contribution in [3.8, 4) is 0 Å². The van der Waals surface area contributed by atoms with Crippen LogP contribution in [0.15, 0.2) is 54.6 Å². The number of nitrogens with one attached hydrogen (secondary N) is 1. The van der Waals surface area contributed by atoms with Crippen LogP contribution in [0.3, 0.4) is 0 Å². The zero-order chi connectivity index (χ0) is 20.4. The van der Waals surface area contributed by atoms with Gasteiger partial charge in [-0.15, -0.1) is 0 Å². The smallest absolute Gasteiger partial charge is 0.191 e. The van der Waals surface area contributed by atoms with Crippen LogP contribution in [0.4, 0.5) is 0 Å². The minimum Gasteiger partial charge on any atom is -0.396 e. The Hall–Kier alpha value is -2.05. The third kappa shape index (κ3) is 7.17. The molecule has 0 radical (unpaired) electrons. The fourth-order valence-electron chi connectivity index (χ4n) is 2.97. The molecule has 3 N–H and O–H groups in total. The van der Waals surface area contributed by atoms with Crippen LogP contribution in [0.25, 0.3) is 0 Å². The highest BCUT2D eigenvalue weighted by Gasteiger charge is 2.23. The van der Waals surface area contributed by atoms with E-state index in [4.69, 9.17) is 9.84 Å².